The van der Waals surface area contributed by atoms with Gasteiger partial charge < -0.3 is 15.4 Å². The van der Waals surface area contributed by atoms with Crippen molar-refractivity contribution in [3.05, 3.63) is 29.8 Å². The first kappa shape index (κ1) is 12.8. The molecule has 16 heavy (non-hydrogen) atoms. The van der Waals surface area contributed by atoms with Crippen molar-refractivity contribution in [3.8, 4) is 0 Å². The molecule has 1 fully saturated rings. The summed E-state index contributed by atoms with van der Waals surface area (Å²) in [6, 6.07) is 7.00. The second kappa shape index (κ2) is 5.72. The van der Waals surface area contributed by atoms with Gasteiger partial charge in [-0.05, 0) is 24.3 Å². The molecule has 0 atom stereocenters. The van der Waals surface area contributed by atoms with Gasteiger partial charge in [-0.3, -0.25) is 4.79 Å². The smallest absolute Gasteiger partial charge is 0.254 e. The molecule has 1 aliphatic rings. The third-order valence-electron chi connectivity index (χ3n) is 2.46. The molecule has 1 aliphatic heterocycles. The molecule has 1 heterocycles. The zero-order chi connectivity index (χ0) is 10.7. The van der Waals surface area contributed by atoms with Crippen LogP contribution >= 0.6 is 12.4 Å². The summed E-state index contributed by atoms with van der Waals surface area (Å²) in [4.78, 5) is 13.7. The molecular formula is C11H15ClN2O2. The quantitative estimate of drug-likeness (QED) is 0.752. The van der Waals surface area contributed by atoms with E-state index >= 15 is 0 Å². The number of nitrogen functional groups attached to an aromatic ring is 1. The highest BCUT2D eigenvalue weighted by Crippen LogP contribution is 2.09. The number of amides is 1. The van der Waals surface area contributed by atoms with Crippen molar-refractivity contribution < 1.29 is 9.53 Å². The molecule has 1 amide bonds. The third kappa shape index (κ3) is 2.87. The van der Waals surface area contributed by atoms with Gasteiger partial charge in [-0.15, -0.1) is 12.4 Å². The first-order valence-corrected chi connectivity index (χ1v) is 5.00. The van der Waals surface area contributed by atoms with E-state index in [-0.39, 0.29) is 18.3 Å². The van der Waals surface area contributed by atoms with Crippen LogP contribution in [0.5, 0.6) is 0 Å². The van der Waals surface area contributed by atoms with Crippen molar-refractivity contribution in [2.24, 2.45) is 0 Å². The Labute approximate surface area is 101 Å². The number of hydrogen-bond donors (Lipinski definition) is 1. The van der Waals surface area contributed by atoms with Crippen molar-refractivity contribution in [1.29, 1.82) is 0 Å². The average molecular weight is 243 g/mol. The number of hydrogen-bond acceptors (Lipinski definition) is 3. The van der Waals surface area contributed by atoms with Gasteiger partial charge in [-0.1, -0.05) is 0 Å². The van der Waals surface area contributed by atoms with Crippen molar-refractivity contribution in [2.45, 2.75) is 0 Å². The van der Waals surface area contributed by atoms with Crippen molar-refractivity contribution in [3.63, 3.8) is 0 Å². The molecule has 88 valence electrons. The summed E-state index contributed by atoms with van der Waals surface area (Å²) < 4.78 is 5.19. The van der Waals surface area contributed by atoms with Gasteiger partial charge in [0.25, 0.3) is 5.91 Å². The summed E-state index contributed by atoms with van der Waals surface area (Å²) in [5.41, 5.74) is 6.92. The number of ether oxygens (including phenoxy) is 1. The molecular weight excluding hydrogens is 228 g/mol. The lowest BCUT2D eigenvalue weighted by molar-refractivity contribution is 0.0303. The first-order chi connectivity index (χ1) is 7.27. The Morgan fingerprint density at radius 3 is 2.31 bits per heavy atom. The van der Waals surface area contributed by atoms with Crippen LogP contribution in [0.15, 0.2) is 24.3 Å². The van der Waals surface area contributed by atoms with Crippen molar-refractivity contribution in [2.75, 3.05) is 32.0 Å². The number of carbonyl (C=O) groups excluding carboxylic acids is 1. The van der Waals surface area contributed by atoms with Crippen LogP contribution in [0.4, 0.5) is 5.69 Å². The van der Waals surface area contributed by atoms with E-state index in [2.05, 4.69) is 0 Å². The Morgan fingerprint density at radius 1 is 1.19 bits per heavy atom. The zero-order valence-corrected chi connectivity index (χ0v) is 9.70. The fourth-order valence-electron chi connectivity index (χ4n) is 1.57. The molecule has 0 radical (unpaired) electrons. The zero-order valence-electron chi connectivity index (χ0n) is 8.89. The number of nitrogens with zero attached hydrogens (tertiary/aromatic N) is 1. The fraction of sp³-hybridized carbons (Fsp3) is 0.364. The number of morpholine rings is 1. The van der Waals surface area contributed by atoms with Crippen molar-refractivity contribution >= 4 is 24.0 Å². The predicted molar refractivity (Wildman–Crippen MR) is 64.8 cm³/mol. The molecule has 0 unspecified atom stereocenters. The average Bonchev–Trinajstić information content (AvgIpc) is 2.30. The maximum atomic E-state index is 11.9. The van der Waals surface area contributed by atoms with E-state index in [4.69, 9.17) is 10.5 Å². The van der Waals surface area contributed by atoms with E-state index < -0.39 is 0 Å². The van der Waals surface area contributed by atoms with Gasteiger partial charge in [-0.25, -0.2) is 0 Å². The molecule has 0 bridgehead atoms. The van der Waals surface area contributed by atoms with Gasteiger partial charge in [-0.2, -0.15) is 0 Å². The molecule has 2 rings (SSSR count). The Morgan fingerprint density at radius 2 is 1.75 bits per heavy atom. The van der Waals surface area contributed by atoms with E-state index in [0.717, 1.165) is 0 Å². The molecule has 1 aromatic carbocycles. The minimum Gasteiger partial charge on any atom is -0.399 e. The second-order valence-electron chi connectivity index (χ2n) is 3.53. The Balaban J connectivity index is 0.00000128. The van der Waals surface area contributed by atoms with E-state index in [0.29, 0.717) is 37.6 Å². The second-order valence-corrected chi connectivity index (χ2v) is 3.53. The fourth-order valence-corrected chi connectivity index (χ4v) is 1.57. The Bertz CT molecular complexity index is 348. The molecule has 4 nitrogen and oxygen atoms in total. The summed E-state index contributed by atoms with van der Waals surface area (Å²) in [6.07, 6.45) is 0. The molecule has 0 aromatic heterocycles. The maximum absolute atomic E-state index is 11.9. The number of carbonyl (C=O) groups is 1. The highest BCUT2D eigenvalue weighted by Gasteiger charge is 2.17. The number of rotatable bonds is 1. The number of nitrogens with two attached hydrogens (primary N) is 1. The highest BCUT2D eigenvalue weighted by molar-refractivity contribution is 5.94. The largest absolute Gasteiger partial charge is 0.399 e. The molecule has 1 saturated heterocycles. The topological polar surface area (TPSA) is 55.6 Å². The number of anilines is 1. The van der Waals surface area contributed by atoms with Gasteiger partial charge >= 0.3 is 0 Å². The Kier molecular flexibility index (Phi) is 4.58. The van der Waals surface area contributed by atoms with Crippen LogP contribution in [0.3, 0.4) is 0 Å². The highest BCUT2D eigenvalue weighted by atomic mass is 35.5. The lowest BCUT2D eigenvalue weighted by atomic mass is 10.2. The van der Waals surface area contributed by atoms with E-state index in [9.17, 15) is 4.79 Å². The van der Waals surface area contributed by atoms with E-state index in [1.54, 1.807) is 29.2 Å². The summed E-state index contributed by atoms with van der Waals surface area (Å²) in [5.74, 6) is 0.0540. The first-order valence-electron chi connectivity index (χ1n) is 5.00. The SMILES string of the molecule is Cl.Nc1ccc(C(=O)N2CCOCC2)cc1. The monoisotopic (exact) mass is 242 g/mol. The van der Waals surface area contributed by atoms with Gasteiger partial charge in [0.05, 0.1) is 13.2 Å². The summed E-state index contributed by atoms with van der Waals surface area (Å²) in [7, 11) is 0. The van der Waals surface area contributed by atoms with Crippen molar-refractivity contribution in [1.82, 2.24) is 4.90 Å². The summed E-state index contributed by atoms with van der Waals surface area (Å²) in [5, 5.41) is 0. The van der Waals surface area contributed by atoms with Crippen LogP contribution in [-0.4, -0.2) is 37.1 Å². The minimum atomic E-state index is 0. The van der Waals surface area contributed by atoms with Crippen LogP contribution < -0.4 is 5.73 Å². The number of benzene rings is 1. The summed E-state index contributed by atoms with van der Waals surface area (Å²) in [6.45, 7) is 2.59. The van der Waals surface area contributed by atoms with Crippen LogP contribution in [-0.2, 0) is 4.74 Å². The van der Waals surface area contributed by atoms with E-state index in [1.165, 1.54) is 0 Å². The molecule has 0 saturated carbocycles. The van der Waals surface area contributed by atoms with Gasteiger partial charge in [0, 0.05) is 24.3 Å². The molecule has 5 heteroatoms. The maximum Gasteiger partial charge on any atom is 0.254 e. The number of halogens is 1. The Hall–Kier alpha value is -1.26. The van der Waals surface area contributed by atoms with Gasteiger partial charge in [0.1, 0.15) is 0 Å². The van der Waals surface area contributed by atoms with E-state index in [1.807, 2.05) is 0 Å². The predicted octanol–water partition coefficient (Wildman–Crippen LogP) is 1.16. The lowest BCUT2D eigenvalue weighted by Crippen LogP contribution is -2.40. The van der Waals surface area contributed by atoms with Crippen LogP contribution in [0, 0.1) is 0 Å². The van der Waals surface area contributed by atoms with Crippen LogP contribution in [0.25, 0.3) is 0 Å². The van der Waals surface area contributed by atoms with Crippen LogP contribution in [0.2, 0.25) is 0 Å². The molecule has 2 N–H and O–H groups in total. The third-order valence-corrected chi connectivity index (χ3v) is 2.46. The lowest BCUT2D eigenvalue weighted by Gasteiger charge is -2.26. The standard InChI is InChI=1S/C11H14N2O2.ClH/c12-10-3-1-9(2-4-10)11(14)13-5-7-15-8-6-13;/h1-4H,5-8,12H2;1H. The molecule has 1 aromatic rings. The molecule has 0 aliphatic carbocycles. The molecule has 0 spiro atoms. The minimum absolute atomic E-state index is 0. The normalized spacial score (nSPS) is 15.4. The van der Waals surface area contributed by atoms with Gasteiger partial charge in [0.2, 0.25) is 0 Å². The van der Waals surface area contributed by atoms with Gasteiger partial charge in [0.15, 0.2) is 0 Å². The van der Waals surface area contributed by atoms with Crippen LogP contribution in [0.1, 0.15) is 10.4 Å². The summed E-state index contributed by atoms with van der Waals surface area (Å²) >= 11 is 0.